The van der Waals surface area contributed by atoms with E-state index in [9.17, 15) is 0 Å². The lowest BCUT2D eigenvalue weighted by Crippen LogP contribution is -2.12. The number of anilines is 1. The fourth-order valence-corrected chi connectivity index (χ4v) is 1.91. The summed E-state index contributed by atoms with van der Waals surface area (Å²) >= 11 is 0. The highest BCUT2D eigenvalue weighted by Crippen LogP contribution is 2.35. The Morgan fingerprint density at radius 3 is 2.40 bits per heavy atom. The molecule has 4 nitrogen and oxygen atoms in total. The van der Waals surface area contributed by atoms with Crippen molar-refractivity contribution in [2.75, 3.05) is 12.8 Å². The number of hydrogen-bond donors (Lipinski definition) is 1. The van der Waals surface area contributed by atoms with E-state index in [2.05, 4.69) is 25.8 Å². The first-order chi connectivity index (χ1) is 9.41. The summed E-state index contributed by atoms with van der Waals surface area (Å²) in [4.78, 5) is 4.24. The number of methoxy groups -OCH3 is 1. The smallest absolute Gasteiger partial charge is 0.246 e. The van der Waals surface area contributed by atoms with Crippen LogP contribution >= 0.6 is 0 Å². The van der Waals surface area contributed by atoms with Crippen LogP contribution in [-0.2, 0) is 5.41 Å². The van der Waals surface area contributed by atoms with Crippen LogP contribution in [0.1, 0.15) is 26.3 Å². The Kier molecular flexibility index (Phi) is 3.84. The van der Waals surface area contributed by atoms with Gasteiger partial charge in [-0.15, -0.1) is 0 Å². The van der Waals surface area contributed by atoms with Gasteiger partial charge in [0, 0.05) is 11.6 Å². The van der Waals surface area contributed by atoms with E-state index in [0.717, 1.165) is 11.3 Å². The fraction of sp³-hybridized carbons (Fsp3) is 0.312. The Morgan fingerprint density at radius 2 is 1.75 bits per heavy atom. The molecular weight excluding hydrogens is 252 g/mol. The minimum absolute atomic E-state index is 0.0236. The average Bonchev–Trinajstić information content (AvgIpc) is 2.41. The lowest BCUT2D eigenvalue weighted by molar-refractivity contribution is 0.381. The van der Waals surface area contributed by atoms with Crippen molar-refractivity contribution in [2.24, 2.45) is 0 Å². The second-order valence-electron chi connectivity index (χ2n) is 5.60. The third kappa shape index (κ3) is 3.02. The minimum atomic E-state index is -0.0236. The molecule has 0 atom stereocenters. The summed E-state index contributed by atoms with van der Waals surface area (Å²) in [6.07, 6.45) is 0. The number of hydrogen-bond acceptors (Lipinski definition) is 4. The van der Waals surface area contributed by atoms with E-state index in [4.69, 9.17) is 15.2 Å². The molecule has 0 fully saturated rings. The number of aromatic nitrogens is 1. The maximum absolute atomic E-state index is 5.91. The van der Waals surface area contributed by atoms with Gasteiger partial charge in [-0.05, 0) is 17.5 Å². The van der Waals surface area contributed by atoms with Gasteiger partial charge in [0.15, 0.2) is 0 Å². The molecule has 4 heteroatoms. The topological polar surface area (TPSA) is 57.4 Å². The zero-order valence-corrected chi connectivity index (χ0v) is 12.3. The number of pyridine rings is 1. The van der Waals surface area contributed by atoms with E-state index < -0.39 is 0 Å². The van der Waals surface area contributed by atoms with Gasteiger partial charge >= 0.3 is 0 Å². The average molecular weight is 272 g/mol. The third-order valence-corrected chi connectivity index (χ3v) is 2.98. The van der Waals surface area contributed by atoms with Crippen LogP contribution in [0.5, 0.6) is 17.5 Å². The second kappa shape index (κ2) is 5.41. The molecule has 0 saturated heterocycles. The predicted molar refractivity (Wildman–Crippen MR) is 80.4 cm³/mol. The molecule has 106 valence electrons. The van der Waals surface area contributed by atoms with Gasteiger partial charge in [-0.1, -0.05) is 39.0 Å². The first-order valence-electron chi connectivity index (χ1n) is 6.49. The summed E-state index contributed by atoms with van der Waals surface area (Å²) in [5.41, 5.74) is 7.47. The van der Waals surface area contributed by atoms with E-state index in [0.29, 0.717) is 17.4 Å². The van der Waals surface area contributed by atoms with Gasteiger partial charge in [0.2, 0.25) is 11.8 Å². The summed E-state index contributed by atoms with van der Waals surface area (Å²) in [7, 11) is 1.56. The monoisotopic (exact) mass is 272 g/mol. The van der Waals surface area contributed by atoms with Crippen molar-refractivity contribution < 1.29 is 9.47 Å². The number of nitrogen functional groups attached to an aromatic ring is 1. The molecule has 0 amide bonds. The van der Waals surface area contributed by atoms with Crippen molar-refractivity contribution in [1.82, 2.24) is 4.98 Å². The summed E-state index contributed by atoms with van der Waals surface area (Å²) in [6.45, 7) is 6.41. The van der Waals surface area contributed by atoms with Crippen molar-refractivity contribution in [3.05, 3.63) is 42.0 Å². The van der Waals surface area contributed by atoms with E-state index in [-0.39, 0.29) is 5.41 Å². The van der Waals surface area contributed by atoms with Crippen LogP contribution in [0.15, 0.2) is 36.4 Å². The molecule has 2 aromatic rings. The van der Waals surface area contributed by atoms with Crippen molar-refractivity contribution >= 4 is 5.69 Å². The Hall–Kier alpha value is -2.23. The molecule has 2 rings (SSSR count). The van der Waals surface area contributed by atoms with Crippen molar-refractivity contribution in [3.63, 3.8) is 0 Å². The minimum Gasteiger partial charge on any atom is -0.481 e. The maximum atomic E-state index is 5.91. The molecule has 1 heterocycles. The summed E-state index contributed by atoms with van der Waals surface area (Å²) < 4.78 is 11.0. The summed E-state index contributed by atoms with van der Waals surface area (Å²) in [5.74, 6) is 1.59. The van der Waals surface area contributed by atoms with Gasteiger partial charge in [0.05, 0.1) is 12.8 Å². The lowest BCUT2D eigenvalue weighted by atomic mass is 9.86. The predicted octanol–water partition coefficient (Wildman–Crippen LogP) is 3.76. The highest BCUT2D eigenvalue weighted by Gasteiger charge is 2.19. The fourth-order valence-electron chi connectivity index (χ4n) is 1.91. The lowest BCUT2D eigenvalue weighted by Gasteiger charge is -2.22. The zero-order chi connectivity index (χ0) is 14.8. The molecule has 2 N–H and O–H groups in total. The van der Waals surface area contributed by atoms with Gasteiger partial charge in [-0.2, -0.15) is 4.98 Å². The largest absolute Gasteiger partial charge is 0.481 e. The Labute approximate surface area is 119 Å². The quantitative estimate of drug-likeness (QED) is 0.924. The van der Waals surface area contributed by atoms with E-state index in [1.807, 2.05) is 24.3 Å². The van der Waals surface area contributed by atoms with Crippen LogP contribution in [0.3, 0.4) is 0 Å². The number of rotatable bonds is 3. The zero-order valence-electron chi connectivity index (χ0n) is 12.3. The molecule has 0 aliphatic carbocycles. The summed E-state index contributed by atoms with van der Waals surface area (Å²) in [5, 5.41) is 0. The second-order valence-corrected chi connectivity index (χ2v) is 5.60. The first-order valence-corrected chi connectivity index (χ1v) is 6.49. The highest BCUT2D eigenvalue weighted by atomic mass is 16.5. The molecule has 0 radical (unpaired) electrons. The molecule has 0 saturated carbocycles. The van der Waals surface area contributed by atoms with E-state index in [1.165, 1.54) is 0 Å². The molecule has 0 aliphatic heterocycles. The molecule has 0 bridgehead atoms. The standard InChI is InChI=1S/C16H20N2O2/c1-16(2,3)11-7-5-6-8-13(11)20-15-12(17)9-10-14(18-15)19-4/h5-10H,17H2,1-4H3. The molecule has 1 aromatic carbocycles. The van der Waals surface area contributed by atoms with Crippen LogP contribution in [0.2, 0.25) is 0 Å². The summed E-state index contributed by atoms with van der Waals surface area (Å²) in [6, 6.07) is 11.3. The molecule has 0 aliphatic rings. The van der Waals surface area contributed by atoms with E-state index in [1.54, 1.807) is 19.2 Å². The number of nitrogens with zero attached hydrogens (tertiary/aromatic N) is 1. The first kappa shape index (κ1) is 14.2. The Balaban J connectivity index is 2.40. The number of benzene rings is 1. The molecule has 20 heavy (non-hydrogen) atoms. The highest BCUT2D eigenvalue weighted by molar-refractivity contribution is 5.52. The van der Waals surface area contributed by atoms with Crippen molar-refractivity contribution in [3.8, 4) is 17.5 Å². The molecule has 0 unspecified atom stereocenters. The maximum Gasteiger partial charge on any atom is 0.246 e. The van der Waals surface area contributed by atoms with Gasteiger partial charge in [-0.3, -0.25) is 0 Å². The van der Waals surface area contributed by atoms with Crippen LogP contribution < -0.4 is 15.2 Å². The molecule has 0 spiro atoms. The van der Waals surface area contributed by atoms with Crippen molar-refractivity contribution in [2.45, 2.75) is 26.2 Å². The SMILES string of the molecule is COc1ccc(N)c(Oc2ccccc2C(C)(C)C)n1. The van der Waals surface area contributed by atoms with Crippen LogP contribution in [0.4, 0.5) is 5.69 Å². The molecule has 1 aromatic heterocycles. The van der Waals surface area contributed by atoms with Gasteiger partial charge in [0.1, 0.15) is 5.75 Å². The van der Waals surface area contributed by atoms with Crippen LogP contribution in [0.25, 0.3) is 0 Å². The van der Waals surface area contributed by atoms with E-state index >= 15 is 0 Å². The van der Waals surface area contributed by atoms with Gasteiger partial charge in [0.25, 0.3) is 0 Å². The van der Waals surface area contributed by atoms with Crippen LogP contribution in [0, 0.1) is 0 Å². The van der Waals surface area contributed by atoms with Gasteiger partial charge in [-0.25, -0.2) is 0 Å². The normalized spacial score (nSPS) is 11.2. The van der Waals surface area contributed by atoms with Crippen LogP contribution in [-0.4, -0.2) is 12.1 Å². The Morgan fingerprint density at radius 1 is 1.05 bits per heavy atom. The van der Waals surface area contributed by atoms with Gasteiger partial charge < -0.3 is 15.2 Å². The third-order valence-electron chi connectivity index (χ3n) is 2.98. The number of ether oxygens (including phenoxy) is 2. The number of para-hydroxylation sites is 1. The van der Waals surface area contributed by atoms with Crippen molar-refractivity contribution in [1.29, 1.82) is 0 Å². The Bertz CT molecular complexity index is 604. The molecular formula is C16H20N2O2. The number of nitrogens with two attached hydrogens (primary N) is 1.